The van der Waals surface area contributed by atoms with Crippen molar-refractivity contribution in [3.8, 4) is 33.7 Å². The maximum absolute atomic E-state index is 6.57. The molecule has 4 heteroatoms. The number of fused-ring (bicyclic) bond motifs is 6. The Hall–Kier alpha value is -6.91. The molecule has 0 bridgehead atoms. The number of furan rings is 1. The molecule has 4 nitrogen and oxygen atoms in total. The van der Waals surface area contributed by atoms with Gasteiger partial charge in [-0.1, -0.05) is 121 Å². The topological polar surface area (TPSA) is 42.4 Å². The predicted octanol–water partition coefficient (Wildman–Crippen LogP) is 13.4. The van der Waals surface area contributed by atoms with Crippen molar-refractivity contribution in [1.29, 1.82) is 0 Å². The van der Waals surface area contributed by atoms with Crippen molar-refractivity contribution < 1.29 is 8.83 Å². The summed E-state index contributed by atoms with van der Waals surface area (Å²) in [5.74, 6) is 0.597. The Bertz CT molecular complexity index is 2840. The maximum Gasteiger partial charge on any atom is 0.227 e. The molecular weight excluding hydrogens is 625 g/mol. The predicted molar refractivity (Wildman–Crippen MR) is 210 cm³/mol. The van der Waals surface area contributed by atoms with Crippen LogP contribution >= 0.6 is 0 Å². The van der Waals surface area contributed by atoms with Crippen molar-refractivity contribution in [3.05, 3.63) is 182 Å². The zero-order valence-electron chi connectivity index (χ0n) is 27.5. The van der Waals surface area contributed by atoms with Crippen LogP contribution < -0.4 is 4.90 Å². The number of anilines is 3. The van der Waals surface area contributed by atoms with E-state index < -0.39 is 0 Å². The molecule has 0 aliphatic rings. The van der Waals surface area contributed by atoms with E-state index in [4.69, 9.17) is 13.8 Å². The molecule has 240 valence electrons. The second-order valence-electron chi connectivity index (χ2n) is 12.7. The quantitative estimate of drug-likeness (QED) is 0.179. The van der Waals surface area contributed by atoms with Crippen LogP contribution in [0.2, 0.25) is 0 Å². The van der Waals surface area contributed by atoms with Gasteiger partial charge in [0.15, 0.2) is 5.58 Å². The van der Waals surface area contributed by atoms with E-state index in [-0.39, 0.29) is 0 Å². The Morgan fingerprint density at radius 1 is 0.392 bits per heavy atom. The number of hydrogen-bond acceptors (Lipinski definition) is 4. The SMILES string of the molecule is c1ccc(-c2ccc(N(c3ccc4c(c3)oc3ccc5oc(-c6ccccc6)nc5c34)c3ccc(-c4ccccc4)c4ccccc34)cc2)cc1. The minimum Gasteiger partial charge on any atom is -0.456 e. The van der Waals surface area contributed by atoms with Gasteiger partial charge in [0.1, 0.15) is 16.7 Å². The van der Waals surface area contributed by atoms with Gasteiger partial charge in [-0.25, -0.2) is 4.98 Å². The van der Waals surface area contributed by atoms with Crippen molar-refractivity contribution in [3.63, 3.8) is 0 Å². The third kappa shape index (κ3) is 4.96. The third-order valence-electron chi connectivity index (χ3n) is 9.72. The first kappa shape index (κ1) is 29.0. The van der Waals surface area contributed by atoms with Gasteiger partial charge in [0, 0.05) is 33.8 Å². The molecule has 0 aliphatic heterocycles. The Balaban J connectivity index is 1.16. The van der Waals surface area contributed by atoms with Gasteiger partial charge >= 0.3 is 0 Å². The fourth-order valence-electron chi connectivity index (χ4n) is 7.29. The molecule has 0 atom stereocenters. The molecule has 2 heterocycles. The van der Waals surface area contributed by atoms with Crippen LogP contribution in [0, 0.1) is 0 Å². The van der Waals surface area contributed by atoms with E-state index in [1.807, 2.05) is 48.5 Å². The van der Waals surface area contributed by atoms with Crippen LogP contribution in [0.4, 0.5) is 17.1 Å². The largest absolute Gasteiger partial charge is 0.456 e. The van der Waals surface area contributed by atoms with E-state index in [1.54, 1.807) is 0 Å². The first-order valence-electron chi connectivity index (χ1n) is 17.1. The number of benzene rings is 8. The average molecular weight is 655 g/mol. The highest BCUT2D eigenvalue weighted by Gasteiger charge is 2.21. The number of nitrogens with zero attached hydrogens (tertiary/aromatic N) is 2. The molecule has 0 N–H and O–H groups in total. The maximum atomic E-state index is 6.57. The summed E-state index contributed by atoms with van der Waals surface area (Å²) in [6.45, 7) is 0. The number of rotatable bonds is 6. The Labute approximate surface area is 294 Å². The lowest BCUT2D eigenvalue weighted by Gasteiger charge is -2.27. The van der Waals surface area contributed by atoms with Crippen LogP contribution in [0.3, 0.4) is 0 Å². The monoisotopic (exact) mass is 654 g/mol. The summed E-state index contributed by atoms with van der Waals surface area (Å²) in [5, 5.41) is 4.31. The molecule has 0 fully saturated rings. The van der Waals surface area contributed by atoms with Crippen LogP contribution in [0.1, 0.15) is 0 Å². The molecule has 0 spiro atoms. The second kappa shape index (κ2) is 11.9. The number of aromatic nitrogens is 1. The lowest BCUT2D eigenvalue weighted by atomic mass is 9.96. The minimum absolute atomic E-state index is 0.597. The zero-order chi connectivity index (χ0) is 33.7. The first-order chi connectivity index (χ1) is 25.3. The van der Waals surface area contributed by atoms with Crippen LogP contribution in [0.5, 0.6) is 0 Å². The van der Waals surface area contributed by atoms with E-state index in [2.05, 4.69) is 138 Å². The fourth-order valence-corrected chi connectivity index (χ4v) is 7.29. The van der Waals surface area contributed by atoms with Crippen LogP contribution in [-0.4, -0.2) is 4.98 Å². The summed E-state index contributed by atoms with van der Waals surface area (Å²) < 4.78 is 12.8. The lowest BCUT2D eigenvalue weighted by molar-refractivity contribution is 0.619. The van der Waals surface area contributed by atoms with E-state index >= 15 is 0 Å². The summed E-state index contributed by atoms with van der Waals surface area (Å²) in [4.78, 5) is 7.28. The molecule has 0 saturated carbocycles. The van der Waals surface area contributed by atoms with Gasteiger partial charge in [0.2, 0.25) is 5.89 Å². The molecule has 51 heavy (non-hydrogen) atoms. The van der Waals surface area contributed by atoms with Gasteiger partial charge in [0.05, 0.1) is 11.1 Å². The van der Waals surface area contributed by atoms with Crippen molar-refractivity contribution >= 4 is 60.9 Å². The van der Waals surface area contributed by atoms with Gasteiger partial charge in [-0.2, -0.15) is 0 Å². The molecular formula is C47H30N2O2. The fraction of sp³-hybridized carbons (Fsp3) is 0. The number of oxazole rings is 1. The summed E-state index contributed by atoms with van der Waals surface area (Å²) in [6, 6.07) is 63.4. The highest BCUT2D eigenvalue weighted by atomic mass is 16.4. The van der Waals surface area contributed by atoms with Crippen molar-refractivity contribution in [2.45, 2.75) is 0 Å². The van der Waals surface area contributed by atoms with Gasteiger partial charge < -0.3 is 13.7 Å². The highest BCUT2D eigenvalue weighted by Crippen LogP contribution is 2.44. The highest BCUT2D eigenvalue weighted by molar-refractivity contribution is 6.17. The van der Waals surface area contributed by atoms with Crippen molar-refractivity contribution in [2.24, 2.45) is 0 Å². The summed E-state index contributed by atoms with van der Waals surface area (Å²) in [5.41, 5.74) is 11.9. The van der Waals surface area contributed by atoms with E-state index in [0.717, 1.165) is 61.1 Å². The Kier molecular flexibility index (Phi) is 6.78. The van der Waals surface area contributed by atoms with Crippen LogP contribution in [0.25, 0.3) is 77.5 Å². The molecule has 10 aromatic rings. The van der Waals surface area contributed by atoms with Gasteiger partial charge in [-0.05, 0) is 82.2 Å². The standard InChI is InChI=1S/C47H30N2O2/c1-4-12-31(13-5-1)32-20-22-35(23-21-32)49(41-27-26-37(33-14-6-2-7-15-33)38-18-10-11-19-39(38)41)36-24-25-40-44(30-36)50-42-28-29-43-46(45(40)42)48-47(51-43)34-16-8-3-9-17-34/h1-30H. The summed E-state index contributed by atoms with van der Waals surface area (Å²) in [6.07, 6.45) is 0. The van der Waals surface area contributed by atoms with Crippen LogP contribution in [0.15, 0.2) is 191 Å². The minimum atomic E-state index is 0.597. The van der Waals surface area contributed by atoms with Crippen molar-refractivity contribution in [1.82, 2.24) is 4.98 Å². The first-order valence-corrected chi connectivity index (χ1v) is 17.1. The van der Waals surface area contributed by atoms with E-state index in [1.165, 1.54) is 27.6 Å². The third-order valence-corrected chi connectivity index (χ3v) is 9.72. The second-order valence-corrected chi connectivity index (χ2v) is 12.7. The van der Waals surface area contributed by atoms with E-state index in [0.29, 0.717) is 5.89 Å². The van der Waals surface area contributed by atoms with E-state index in [9.17, 15) is 0 Å². The average Bonchev–Trinajstić information content (AvgIpc) is 3.81. The lowest BCUT2D eigenvalue weighted by Crippen LogP contribution is -2.10. The summed E-state index contributed by atoms with van der Waals surface area (Å²) >= 11 is 0. The molecule has 0 saturated heterocycles. The van der Waals surface area contributed by atoms with Crippen molar-refractivity contribution in [2.75, 3.05) is 4.90 Å². The van der Waals surface area contributed by atoms with Gasteiger partial charge in [0.25, 0.3) is 0 Å². The smallest absolute Gasteiger partial charge is 0.227 e. The Morgan fingerprint density at radius 3 is 1.75 bits per heavy atom. The molecule has 8 aromatic carbocycles. The molecule has 0 aliphatic carbocycles. The molecule has 0 radical (unpaired) electrons. The molecule has 2 aromatic heterocycles. The zero-order valence-corrected chi connectivity index (χ0v) is 27.5. The molecule has 0 amide bonds. The van der Waals surface area contributed by atoms with Gasteiger partial charge in [-0.15, -0.1) is 0 Å². The normalized spacial score (nSPS) is 11.5. The number of hydrogen-bond donors (Lipinski definition) is 0. The molecule has 10 rings (SSSR count). The molecule has 0 unspecified atom stereocenters. The van der Waals surface area contributed by atoms with Crippen LogP contribution in [-0.2, 0) is 0 Å². The summed E-state index contributed by atoms with van der Waals surface area (Å²) in [7, 11) is 0. The Morgan fingerprint density at radius 2 is 1.00 bits per heavy atom. The van der Waals surface area contributed by atoms with Gasteiger partial charge in [-0.3, -0.25) is 0 Å².